The molecule has 0 aliphatic heterocycles. The smallest absolute Gasteiger partial charge is 0.261 e. The highest BCUT2D eigenvalue weighted by Gasteiger charge is 2.15. The molecule has 0 saturated heterocycles. The van der Waals surface area contributed by atoms with Crippen LogP contribution in [0.25, 0.3) is 6.08 Å². The number of nitrogens with one attached hydrogen (secondary N) is 2. The first-order valence-corrected chi connectivity index (χ1v) is 10.2. The van der Waals surface area contributed by atoms with Gasteiger partial charge in [0, 0.05) is 11.8 Å². The second kappa shape index (κ2) is 8.73. The summed E-state index contributed by atoms with van der Waals surface area (Å²) in [5.41, 5.74) is 1.69. The summed E-state index contributed by atoms with van der Waals surface area (Å²) in [4.78, 5) is 12.1. The van der Waals surface area contributed by atoms with Crippen molar-refractivity contribution < 1.29 is 13.2 Å². The predicted molar refractivity (Wildman–Crippen MR) is 113 cm³/mol. The van der Waals surface area contributed by atoms with Crippen molar-refractivity contribution in [2.75, 3.05) is 10.0 Å². The van der Waals surface area contributed by atoms with Crippen molar-refractivity contribution in [3.05, 3.63) is 95.5 Å². The molecule has 7 heteroatoms. The minimum Gasteiger partial charge on any atom is -0.323 e. The lowest BCUT2D eigenvalue weighted by Gasteiger charge is -2.10. The Balaban J connectivity index is 1.66. The molecule has 0 saturated carbocycles. The molecule has 0 aliphatic carbocycles. The zero-order valence-electron chi connectivity index (χ0n) is 14.7. The Morgan fingerprint density at radius 1 is 0.857 bits per heavy atom. The van der Waals surface area contributed by atoms with Crippen LogP contribution in [0.4, 0.5) is 11.4 Å². The van der Waals surface area contributed by atoms with Crippen LogP contribution in [0.2, 0.25) is 5.02 Å². The molecule has 0 unspecified atom stereocenters. The van der Waals surface area contributed by atoms with E-state index in [1.165, 1.54) is 30.3 Å². The van der Waals surface area contributed by atoms with Crippen LogP contribution >= 0.6 is 11.6 Å². The molecule has 0 bridgehead atoms. The molecule has 3 aromatic rings. The van der Waals surface area contributed by atoms with E-state index in [4.69, 9.17) is 11.6 Å². The summed E-state index contributed by atoms with van der Waals surface area (Å²) in [6.45, 7) is 0. The summed E-state index contributed by atoms with van der Waals surface area (Å²) in [7, 11) is -3.79. The van der Waals surface area contributed by atoms with Crippen molar-refractivity contribution in [2.45, 2.75) is 4.90 Å². The van der Waals surface area contributed by atoms with Crippen LogP contribution in [-0.2, 0) is 14.8 Å². The van der Waals surface area contributed by atoms with Gasteiger partial charge in [-0.05, 0) is 48.0 Å². The summed E-state index contributed by atoms with van der Waals surface area (Å²) in [6, 6.07) is 21.9. The van der Waals surface area contributed by atoms with Gasteiger partial charge in [0.25, 0.3) is 10.0 Å². The average Bonchev–Trinajstić information content (AvgIpc) is 2.69. The van der Waals surface area contributed by atoms with E-state index in [1.54, 1.807) is 30.3 Å². The molecule has 0 fully saturated rings. The number of sulfonamides is 1. The van der Waals surface area contributed by atoms with Crippen LogP contribution in [0.1, 0.15) is 5.56 Å². The minimum absolute atomic E-state index is 0.0604. The number of hydrogen-bond acceptors (Lipinski definition) is 3. The summed E-state index contributed by atoms with van der Waals surface area (Å²) >= 11 is 5.99. The molecule has 2 N–H and O–H groups in total. The molecule has 0 spiro atoms. The van der Waals surface area contributed by atoms with E-state index in [1.807, 2.05) is 30.3 Å². The predicted octanol–water partition coefficient (Wildman–Crippen LogP) is 4.79. The number of rotatable bonds is 6. The third-order valence-corrected chi connectivity index (χ3v) is 5.49. The standard InChI is InChI=1S/C21H17ClN2O3S/c22-19-8-4-5-9-20(19)24-28(26,27)18-13-11-17(12-14-18)23-21(25)15-10-16-6-2-1-3-7-16/h1-15,24H,(H,23,25)/b15-10+. The molecule has 0 atom stereocenters. The lowest BCUT2D eigenvalue weighted by molar-refractivity contribution is -0.111. The zero-order chi connectivity index (χ0) is 20.0. The van der Waals surface area contributed by atoms with Gasteiger partial charge in [0.2, 0.25) is 5.91 Å². The fourth-order valence-corrected chi connectivity index (χ4v) is 3.70. The number of benzene rings is 3. The topological polar surface area (TPSA) is 75.3 Å². The van der Waals surface area contributed by atoms with Crippen LogP contribution in [0.3, 0.4) is 0 Å². The molecular formula is C21H17ClN2O3S. The highest BCUT2D eigenvalue weighted by Crippen LogP contribution is 2.24. The number of para-hydroxylation sites is 1. The van der Waals surface area contributed by atoms with Crippen LogP contribution in [0.5, 0.6) is 0 Å². The van der Waals surface area contributed by atoms with E-state index in [9.17, 15) is 13.2 Å². The molecule has 0 aliphatic rings. The molecule has 3 aromatic carbocycles. The molecule has 3 rings (SSSR count). The monoisotopic (exact) mass is 412 g/mol. The number of halogens is 1. The Morgan fingerprint density at radius 2 is 1.50 bits per heavy atom. The summed E-state index contributed by atoms with van der Waals surface area (Å²) in [5, 5.41) is 2.99. The van der Waals surface area contributed by atoms with Crippen LogP contribution in [0.15, 0.2) is 89.8 Å². The van der Waals surface area contributed by atoms with E-state index >= 15 is 0 Å². The third-order valence-electron chi connectivity index (χ3n) is 3.78. The summed E-state index contributed by atoms with van der Waals surface area (Å²) in [5.74, 6) is -0.311. The molecule has 142 valence electrons. The maximum atomic E-state index is 12.5. The quantitative estimate of drug-likeness (QED) is 0.571. The molecule has 28 heavy (non-hydrogen) atoms. The van der Waals surface area contributed by atoms with Crippen molar-refractivity contribution in [2.24, 2.45) is 0 Å². The van der Waals surface area contributed by atoms with Crippen molar-refractivity contribution in [1.82, 2.24) is 0 Å². The van der Waals surface area contributed by atoms with E-state index in [0.717, 1.165) is 5.56 Å². The Morgan fingerprint density at radius 3 is 2.18 bits per heavy atom. The van der Waals surface area contributed by atoms with Crippen LogP contribution in [-0.4, -0.2) is 14.3 Å². The average molecular weight is 413 g/mol. The SMILES string of the molecule is O=C(/C=C/c1ccccc1)Nc1ccc(S(=O)(=O)Nc2ccccc2Cl)cc1. The number of anilines is 2. The van der Waals surface area contributed by atoms with Gasteiger partial charge in [0.1, 0.15) is 0 Å². The number of carbonyl (C=O) groups is 1. The van der Waals surface area contributed by atoms with Gasteiger partial charge in [0.05, 0.1) is 15.6 Å². The lowest BCUT2D eigenvalue weighted by atomic mass is 10.2. The van der Waals surface area contributed by atoms with Gasteiger partial charge in [-0.15, -0.1) is 0 Å². The Bertz CT molecular complexity index is 1100. The maximum Gasteiger partial charge on any atom is 0.261 e. The van der Waals surface area contributed by atoms with Crippen molar-refractivity contribution in [1.29, 1.82) is 0 Å². The summed E-state index contributed by atoms with van der Waals surface area (Å²) < 4.78 is 27.4. The second-order valence-electron chi connectivity index (χ2n) is 5.84. The van der Waals surface area contributed by atoms with Gasteiger partial charge in [-0.2, -0.15) is 0 Å². The van der Waals surface area contributed by atoms with Gasteiger partial charge >= 0.3 is 0 Å². The normalized spacial score (nSPS) is 11.3. The fraction of sp³-hybridized carbons (Fsp3) is 0. The zero-order valence-corrected chi connectivity index (χ0v) is 16.2. The van der Waals surface area contributed by atoms with E-state index in [2.05, 4.69) is 10.0 Å². The van der Waals surface area contributed by atoms with Gasteiger partial charge in [-0.1, -0.05) is 54.1 Å². The van der Waals surface area contributed by atoms with Gasteiger partial charge in [0.15, 0.2) is 0 Å². The molecular weight excluding hydrogens is 396 g/mol. The number of hydrogen-bond donors (Lipinski definition) is 2. The van der Waals surface area contributed by atoms with Crippen molar-refractivity contribution >= 4 is 45.0 Å². The van der Waals surface area contributed by atoms with Crippen molar-refractivity contribution in [3.63, 3.8) is 0 Å². The molecule has 0 radical (unpaired) electrons. The first kappa shape index (κ1) is 19.7. The van der Waals surface area contributed by atoms with E-state index in [-0.39, 0.29) is 10.8 Å². The number of amides is 1. The van der Waals surface area contributed by atoms with Gasteiger partial charge in [-0.25, -0.2) is 8.42 Å². The van der Waals surface area contributed by atoms with Crippen molar-refractivity contribution in [3.8, 4) is 0 Å². The van der Waals surface area contributed by atoms with Crippen LogP contribution in [0, 0.1) is 0 Å². The Labute approximate surface area is 168 Å². The first-order valence-electron chi connectivity index (χ1n) is 8.35. The summed E-state index contributed by atoms with van der Waals surface area (Å²) in [6.07, 6.45) is 3.11. The number of carbonyl (C=O) groups excluding carboxylic acids is 1. The molecule has 0 aromatic heterocycles. The van der Waals surface area contributed by atoms with E-state index in [0.29, 0.717) is 16.4 Å². The highest BCUT2D eigenvalue weighted by atomic mass is 35.5. The van der Waals surface area contributed by atoms with E-state index < -0.39 is 10.0 Å². The highest BCUT2D eigenvalue weighted by molar-refractivity contribution is 7.92. The largest absolute Gasteiger partial charge is 0.323 e. The van der Waals surface area contributed by atoms with Gasteiger partial charge in [-0.3, -0.25) is 9.52 Å². The third kappa shape index (κ3) is 5.22. The first-order chi connectivity index (χ1) is 13.4. The minimum atomic E-state index is -3.79. The Hall–Kier alpha value is -3.09. The Kier molecular flexibility index (Phi) is 6.13. The maximum absolute atomic E-state index is 12.5. The molecule has 5 nitrogen and oxygen atoms in total. The van der Waals surface area contributed by atoms with Crippen LogP contribution < -0.4 is 10.0 Å². The lowest BCUT2D eigenvalue weighted by Crippen LogP contribution is -2.13. The molecule has 1 amide bonds. The molecule has 0 heterocycles. The second-order valence-corrected chi connectivity index (χ2v) is 7.93. The van der Waals surface area contributed by atoms with Gasteiger partial charge < -0.3 is 5.32 Å². The fourth-order valence-electron chi connectivity index (χ4n) is 2.39.